The summed E-state index contributed by atoms with van der Waals surface area (Å²) in [5, 5.41) is 0. The van der Waals surface area contributed by atoms with Gasteiger partial charge in [-0.15, -0.1) is 0 Å². The molecule has 0 spiro atoms. The van der Waals surface area contributed by atoms with E-state index in [4.69, 9.17) is 19.9 Å². The predicted octanol–water partition coefficient (Wildman–Crippen LogP) is 1.000. The first kappa shape index (κ1) is 15.3. The van der Waals surface area contributed by atoms with Gasteiger partial charge in [-0.25, -0.2) is 0 Å². The highest BCUT2D eigenvalue weighted by Gasteiger charge is 2.33. The van der Waals surface area contributed by atoms with Crippen LogP contribution in [-0.4, -0.2) is 51.5 Å². The predicted molar refractivity (Wildman–Crippen MR) is 77.8 cm³/mol. The molecule has 0 aromatic heterocycles. The van der Waals surface area contributed by atoms with Gasteiger partial charge < -0.3 is 19.9 Å². The van der Waals surface area contributed by atoms with Crippen LogP contribution in [0, 0.1) is 0 Å². The first-order chi connectivity index (χ1) is 9.71. The van der Waals surface area contributed by atoms with Gasteiger partial charge in [-0.05, 0) is 17.7 Å². The van der Waals surface area contributed by atoms with Crippen LogP contribution in [0.1, 0.15) is 11.1 Å². The molecule has 0 radical (unpaired) electrons. The van der Waals surface area contributed by atoms with Crippen LogP contribution in [0.5, 0.6) is 5.75 Å². The minimum absolute atomic E-state index is 0.128. The number of rotatable bonds is 6. The molecule has 1 aliphatic rings. The maximum absolute atomic E-state index is 5.71. The number of hydrogen-bond acceptors (Lipinski definition) is 5. The molecule has 2 unspecified atom stereocenters. The van der Waals surface area contributed by atoms with Crippen LogP contribution in [0.15, 0.2) is 18.2 Å². The highest BCUT2D eigenvalue weighted by molar-refractivity contribution is 5.37. The van der Waals surface area contributed by atoms with Gasteiger partial charge in [-0.1, -0.05) is 6.07 Å². The largest absolute Gasteiger partial charge is 0.496 e. The molecule has 2 atom stereocenters. The molecule has 0 saturated carbocycles. The number of nitrogens with zero attached hydrogens (tertiary/aromatic N) is 1. The number of nitrogens with two attached hydrogens (primary N) is 1. The lowest BCUT2D eigenvalue weighted by atomic mass is 10.1. The lowest BCUT2D eigenvalue weighted by Gasteiger charge is -2.18. The van der Waals surface area contributed by atoms with E-state index in [-0.39, 0.29) is 12.2 Å². The summed E-state index contributed by atoms with van der Waals surface area (Å²) < 4.78 is 16.4. The average molecular weight is 280 g/mol. The average Bonchev–Trinajstić information content (AvgIpc) is 2.89. The Bertz CT molecular complexity index is 427. The summed E-state index contributed by atoms with van der Waals surface area (Å²) in [7, 11) is 5.16. The number of hydrogen-bond donors (Lipinski definition) is 1. The smallest absolute Gasteiger partial charge is 0.123 e. The molecule has 0 amide bonds. The maximum atomic E-state index is 5.71. The molecule has 2 N–H and O–H groups in total. The fraction of sp³-hybridized carbons (Fsp3) is 0.600. The summed E-state index contributed by atoms with van der Waals surface area (Å²) >= 11 is 0. The van der Waals surface area contributed by atoms with Gasteiger partial charge in [0.05, 0.1) is 19.3 Å². The van der Waals surface area contributed by atoms with Crippen molar-refractivity contribution in [2.75, 3.05) is 34.4 Å². The highest BCUT2D eigenvalue weighted by Crippen LogP contribution is 2.24. The molecule has 5 heteroatoms. The Kier molecular flexibility index (Phi) is 5.37. The number of ether oxygens (including phenoxy) is 3. The van der Waals surface area contributed by atoms with Gasteiger partial charge in [-0.2, -0.15) is 0 Å². The molecule has 1 aromatic carbocycles. The summed E-state index contributed by atoms with van der Waals surface area (Å²) in [6, 6.07) is 6.10. The number of likely N-dealkylation sites (tertiary alicyclic amines) is 1. The molecule has 1 aromatic rings. The molecule has 5 nitrogen and oxygen atoms in total. The molecule has 1 heterocycles. The third kappa shape index (κ3) is 3.30. The Labute approximate surface area is 120 Å². The second-order valence-corrected chi connectivity index (χ2v) is 5.09. The van der Waals surface area contributed by atoms with Gasteiger partial charge in [0, 0.05) is 46.0 Å². The zero-order chi connectivity index (χ0) is 14.5. The fourth-order valence-electron chi connectivity index (χ4n) is 2.72. The summed E-state index contributed by atoms with van der Waals surface area (Å²) in [6.45, 7) is 3.09. The van der Waals surface area contributed by atoms with E-state index in [1.165, 1.54) is 0 Å². The van der Waals surface area contributed by atoms with Gasteiger partial charge in [0.15, 0.2) is 0 Å². The summed E-state index contributed by atoms with van der Waals surface area (Å²) in [4.78, 5) is 2.32. The molecule has 0 bridgehead atoms. The van der Waals surface area contributed by atoms with Crippen molar-refractivity contribution in [2.24, 2.45) is 5.73 Å². The van der Waals surface area contributed by atoms with Crippen LogP contribution >= 0.6 is 0 Å². The third-order valence-electron chi connectivity index (χ3n) is 3.87. The van der Waals surface area contributed by atoms with Crippen LogP contribution in [0.25, 0.3) is 0 Å². The third-order valence-corrected chi connectivity index (χ3v) is 3.87. The molecule has 20 heavy (non-hydrogen) atoms. The molecule has 112 valence electrons. The first-order valence-electron chi connectivity index (χ1n) is 6.85. The monoisotopic (exact) mass is 280 g/mol. The lowest BCUT2D eigenvalue weighted by Crippen LogP contribution is -2.27. The summed E-state index contributed by atoms with van der Waals surface area (Å²) in [5.74, 6) is 0.900. The van der Waals surface area contributed by atoms with E-state index < -0.39 is 0 Å². The van der Waals surface area contributed by atoms with E-state index in [1.807, 2.05) is 12.1 Å². The Hall–Kier alpha value is -1.14. The van der Waals surface area contributed by atoms with Crippen molar-refractivity contribution >= 4 is 0 Å². The van der Waals surface area contributed by atoms with Gasteiger partial charge in [0.25, 0.3) is 0 Å². The van der Waals surface area contributed by atoms with Crippen LogP contribution in [0.4, 0.5) is 0 Å². The standard InChI is InChI=1S/C15H24N2O3/c1-18-13-5-4-11(7-16)6-12(13)8-17-9-14(19-2)15(10-17)20-3/h4-6,14-15H,7-10,16H2,1-3H3. The maximum Gasteiger partial charge on any atom is 0.123 e. The van der Waals surface area contributed by atoms with E-state index in [1.54, 1.807) is 21.3 Å². The van der Waals surface area contributed by atoms with E-state index >= 15 is 0 Å². The Morgan fingerprint density at radius 2 is 1.80 bits per heavy atom. The summed E-state index contributed by atoms with van der Waals surface area (Å²) in [5.41, 5.74) is 7.98. The van der Waals surface area contributed by atoms with Gasteiger partial charge in [0.1, 0.15) is 5.75 Å². The molecule has 2 rings (SSSR count). The van der Waals surface area contributed by atoms with Gasteiger partial charge in [0.2, 0.25) is 0 Å². The van der Waals surface area contributed by atoms with Crippen LogP contribution in [0.2, 0.25) is 0 Å². The Balaban J connectivity index is 2.10. The topological polar surface area (TPSA) is 57.0 Å². The summed E-state index contributed by atoms with van der Waals surface area (Å²) in [6.07, 6.45) is 0.257. The van der Waals surface area contributed by atoms with E-state index in [9.17, 15) is 0 Å². The molecular formula is C15H24N2O3. The minimum atomic E-state index is 0.128. The normalized spacial score (nSPS) is 23.2. The van der Waals surface area contributed by atoms with Gasteiger partial charge in [-0.3, -0.25) is 4.90 Å². The minimum Gasteiger partial charge on any atom is -0.496 e. The molecule has 1 saturated heterocycles. The van der Waals surface area contributed by atoms with E-state index in [2.05, 4.69) is 11.0 Å². The second-order valence-electron chi connectivity index (χ2n) is 5.09. The van der Waals surface area contributed by atoms with Crippen LogP contribution < -0.4 is 10.5 Å². The first-order valence-corrected chi connectivity index (χ1v) is 6.85. The number of benzene rings is 1. The highest BCUT2D eigenvalue weighted by atomic mass is 16.5. The van der Waals surface area contributed by atoms with Crippen molar-refractivity contribution < 1.29 is 14.2 Å². The lowest BCUT2D eigenvalue weighted by molar-refractivity contribution is -0.00461. The Morgan fingerprint density at radius 1 is 1.15 bits per heavy atom. The van der Waals surface area contributed by atoms with Crippen LogP contribution in [0.3, 0.4) is 0 Å². The van der Waals surface area contributed by atoms with Crippen molar-refractivity contribution in [3.63, 3.8) is 0 Å². The molecule has 0 aliphatic carbocycles. The molecule has 1 aliphatic heterocycles. The van der Waals surface area contributed by atoms with Crippen molar-refractivity contribution in [3.8, 4) is 5.75 Å². The fourth-order valence-corrected chi connectivity index (χ4v) is 2.72. The van der Waals surface area contributed by atoms with Crippen LogP contribution in [-0.2, 0) is 22.6 Å². The quantitative estimate of drug-likeness (QED) is 0.842. The molecular weight excluding hydrogens is 256 g/mol. The SMILES string of the molecule is COc1ccc(CN)cc1CN1CC(OC)C(OC)C1. The van der Waals surface area contributed by atoms with E-state index in [0.717, 1.165) is 36.5 Å². The number of methoxy groups -OCH3 is 3. The Morgan fingerprint density at radius 3 is 2.30 bits per heavy atom. The van der Waals surface area contributed by atoms with E-state index in [0.29, 0.717) is 6.54 Å². The van der Waals surface area contributed by atoms with Crippen molar-refractivity contribution in [3.05, 3.63) is 29.3 Å². The zero-order valence-electron chi connectivity index (χ0n) is 12.5. The van der Waals surface area contributed by atoms with Crippen molar-refractivity contribution in [1.82, 2.24) is 4.90 Å². The molecule has 1 fully saturated rings. The van der Waals surface area contributed by atoms with Gasteiger partial charge >= 0.3 is 0 Å². The van der Waals surface area contributed by atoms with Crippen molar-refractivity contribution in [2.45, 2.75) is 25.3 Å². The van der Waals surface area contributed by atoms with Crippen molar-refractivity contribution in [1.29, 1.82) is 0 Å². The zero-order valence-corrected chi connectivity index (χ0v) is 12.5. The second kappa shape index (κ2) is 7.04.